The predicted molar refractivity (Wildman–Crippen MR) is 113 cm³/mol. The molecule has 1 aromatic carbocycles. The number of anilines is 3. The van der Waals surface area contributed by atoms with Crippen LogP contribution in [0.25, 0.3) is 11.3 Å². The summed E-state index contributed by atoms with van der Waals surface area (Å²) in [5, 5.41) is 10.0. The molecule has 0 amide bonds. The van der Waals surface area contributed by atoms with Gasteiger partial charge in [-0.15, -0.1) is 0 Å². The van der Waals surface area contributed by atoms with Crippen molar-refractivity contribution in [3.8, 4) is 11.3 Å². The third-order valence-corrected chi connectivity index (χ3v) is 4.63. The number of aromatic nitrogens is 3. The fourth-order valence-corrected chi connectivity index (χ4v) is 3.20. The van der Waals surface area contributed by atoms with Crippen molar-refractivity contribution in [3.63, 3.8) is 0 Å². The second-order valence-corrected chi connectivity index (χ2v) is 6.74. The summed E-state index contributed by atoms with van der Waals surface area (Å²) >= 11 is 0. The van der Waals surface area contributed by atoms with E-state index in [-0.39, 0.29) is 0 Å². The molecule has 3 heterocycles. The van der Waals surface area contributed by atoms with E-state index in [0.29, 0.717) is 5.95 Å². The average molecular weight is 375 g/mol. The molecule has 1 aliphatic rings. The van der Waals surface area contributed by atoms with E-state index in [4.69, 9.17) is 0 Å². The molecule has 3 N–H and O–H groups in total. The molecule has 1 aliphatic heterocycles. The number of nitrogens with zero attached hydrogens (tertiary/aromatic N) is 4. The minimum Gasteiger partial charge on any atom is -0.370 e. The first-order chi connectivity index (χ1) is 13.9. The van der Waals surface area contributed by atoms with Crippen LogP contribution in [0, 0.1) is 0 Å². The second kappa shape index (κ2) is 9.25. The average Bonchev–Trinajstić information content (AvgIpc) is 3.26. The summed E-state index contributed by atoms with van der Waals surface area (Å²) in [4.78, 5) is 15.7. The van der Waals surface area contributed by atoms with E-state index in [0.717, 1.165) is 62.0 Å². The van der Waals surface area contributed by atoms with Gasteiger partial charge in [0.05, 0.1) is 5.69 Å². The van der Waals surface area contributed by atoms with Gasteiger partial charge in [0.15, 0.2) is 0 Å². The summed E-state index contributed by atoms with van der Waals surface area (Å²) in [6.45, 7) is 5.22. The monoisotopic (exact) mass is 375 g/mol. The van der Waals surface area contributed by atoms with Crippen LogP contribution in [0.1, 0.15) is 6.42 Å². The Kier molecular flexibility index (Phi) is 6.06. The van der Waals surface area contributed by atoms with Crippen molar-refractivity contribution in [2.24, 2.45) is 0 Å². The molecule has 0 radical (unpaired) electrons. The van der Waals surface area contributed by atoms with Crippen molar-refractivity contribution in [3.05, 3.63) is 60.9 Å². The molecule has 0 bridgehead atoms. The Labute approximate surface area is 165 Å². The summed E-state index contributed by atoms with van der Waals surface area (Å²) in [7, 11) is 0. The maximum atomic E-state index is 4.56. The molecule has 1 fully saturated rings. The van der Waals surface area contributed by atoms with Gasteiger partial charge in [0.2, 0.25) is 5.95 Å². The molecule has 4 rings (SSSR count). The number of hydrogen-bond acceptors (Lipinski definition) is 7. The molecule has 0 atom stereocenters. The zero-order valence-corrected chi connectivity index (χ0v) is 15.8. The molecule has 0 unspecified atom stereocenters. The molecular formula is C21H25N7. The van der Waals surface area contributed by atoms with Crippen molar-refractivity contribution in [1.82, 2.24) is 25.2 Å². The number of benzene rings is 1. The minimum absolute atomic E-state index is 0.576. The summed E-state index contributed by atoms with van der Waals surface area (Å²) in [6, 6.07) is 15.9. The highest BCUT2D eigenvalue weighted by molar-refractivity contribution is 5.67. The van der Waals surface area contributed by atoms with Gasteiger partial charge in [-0.1, -0.05) is 18.2 Å². The van der Waals surface area contributed by atoms with Crippen molar-refractivity contribution >= 4 is 17.5 Å². The van der Waals surface area contributed by atoms with Gasteiger partial charge in [0.1, 0.15) is 5.82 Å². The summed E-state index contributed by atoms with van der Waals surface area (Å²) < 4.78 is 0. The third kappa shape index (κ3) is 5.03. The molecule has 144 valence electrons. The first kappa shape index (κ1) is 18.3. The van der Waals surface area contributed by atoms with E-state index in [9.17, 15) is 0 Å². The van der Waals surface area contributed by atoms with Crippen LogP contribution in [0.2, 0.25) is 0 Å². The standard InChI is InChI=1S/C21H25N7/c1-2-9-23-19(7-1)17-5-3-6-18(15-17)26-21-25-11-8-20(27-21)24-10-4-13-28-14-12-22-16-28/h1-3,5-9,11,15,22H,4,10,12-14,16H2,(H2,24,25,26,27). The fraction of sp³-hybridized carbons (Fsp3) is 0.286. The molecule has 2 aromatic heterocycles. The Morgan fingerprint density at radius 3 is 2.89 bits per heavy atom. The van der Waals surface area contributed by atoms with Gasteiger partial charge in [0.25, 0.3) is 0 Å². The molecule has 7 heteroatoms. The van der Waals surface area contributed by atoms with E-state index in [1.54, 1.807) is 12.4 Å². The van der Waals surface area contributed by atoms with Crippen LogP contribution in [0.5, 0.6) is 0 Å². The lowest BCUT2D eigenvalue weighted by Crippen LogP contribution is -2.24. The van der Waals surface area contributed by atoms with E-state index >= 15 is 0 Å². The zero-order valence-electron chi connectivity index (χ0n) is 15.8. The molecular weight excluding hydrogens is 350 g/mol. The molecule has 7 nitrogen and oxygen atoms in total. The lowest BCUT2D eigenvalue weighted by atomic mass is 10.1. The normalized spacial score (nSPS) is 14.1. The van der Waals surface area contributed by atoms with Gasteiger partial charge in [-0.05, 0) is 36.8 Å². The van der Waals surface area contributed by atoms with Gasteiger partial charge in [0, 0.05) is 56.5 Å². The van der Waals surface area contributed by atoms with Crippen molar-refractivity contribution in [2.75, 3.05) is 43.5 Å². The number of hydrogen-bond donors (Lipinski definition) is 3. The van der Waals surface area contributed by atoms with E-state index in [1.807, 2.05) is 42.5 Å². The largest absolute Gasteiger partial charge is 0.370 e. The van der Waals surface area contributed by atoms with Crippen molar-refractivity contribution in [2.45, 2.75) is 6.42 Å². The smallest absolute Gasteiger partial charge is 0.229 e. The maximum Gasteiger partial charge on any atom is 0.229 e. The van der Waals surface area contributed by atoms with Crippen LogP contribution in [0.4, 0.5) is 17.5 Å². The zero-order chi connectivity index (χ0) is 19.0. The molecule has 0 spiro atoms. The highest BCUT2D eigenvalue weighted by Gasteiger charge is 2.09. The molecule has 0 aliphatic carbocycles. The molecule has 3 aromatic rings. The van der Waals surface area contributed by atoms with Crippen LogP contribution >= 0.6 is 0 Å². The van der Waals surface area contributed by atoms with Gasteiger partial charge in [-0.3, -0.25) is 9.88 Å². The Bertz CT molecular complexity index is 879. The topological polar surface area (TPSA) is 78.0 Å². The summed E-state index contributed by atoms with van der Waals surface area (Å²) in [6.07, 6.45) is 4.65. The first-order valence-electron chi connectivity index (χ1n) is 9.65. The van der Waals surface area contributed by atoms with Gasteiger partial charge < -0.3 is 16.0 Å². The minimum atomic E-state index is 0.576. The first-order valence-corrected chi connectivity index (χ1v) is 9.65. The van der Waals surface area contributed by atoms with Crippen molar-refractivity contribution < 1.29 is 0 Å². The highest BCUT2D eigenvalue weighted by atomic mass is 15.3. The number of rotatable bonds is 8. The maximum absolute atomic E-state index is 4.56. The van der Waals surface area contributed by atoms with Gasteiger partial charge in [-0.25, -0.2) is 4.98 Å². The van der Waals surface area contributed by atoms with Crippen LogP contribution < -0.4 is 16.0 Å². The van der Waals surface area contributed by atoms with E-state index in [2.05, 4.69) is 41.9 Å². The van der Waals surface area contributed by atoms with E-state index in [1.165, 1.54) is 0 Å². The SMILES string of the molecule is c1ccc(-c2cccc(Nc3nccc(NCCCN4CCNC4)n3)c2)nc1. The quantitative estimate of drug-likeness (QED) is 0.523. The summed E-state index contributed by atoms with van der Waals surface area (Å²) in [5.74, 6) is 1.41. The molecule has 28 heavy (non-hydrogen) atoms. The highest BCUT2D eigenvalue weighted by Crippen LogP contribution is 2.22. The number of pyridine rings is 1. The third-order valence-electron chi connectivity index (χ3n) is 4.63. The molecule has 1 saturated heterocycles. The summed E-state index contributed by atoms with van der Waals surface area (Å²) in [5.41, 5.74) is 2.92. The Balaban J connectivity index is 1.34. The lowest BCUT2D eigenvalue weighted by molar-refractivity contribution is 0.333. The van der Waals surface area contributed by atoms with Crippen LogP contribution in [0.15, 0.2) is 60.9 Å². The fourth-order valence-electron chi connectivity index (χ4n) is 3.20. The van der Waals surface area contributed by atoms with Crippen LogP contribution in [0.3, 0.4) is 0 Å². The van der Waals surface area contributed by atoms with E-state index < -0.39 is 0 Å². The van der Waals surface area contributed by atoms with Gasteiger partial charge in [-0.2, -0.15) is 4.98 Å². The second-order valence-electron chi connectivity index (χ2n) is 6.74. The van der Waals surface area contributed by atoms with Crippen molar-refractivity contribution in [1.29, 1.82) is 0 Å². The Morgan fingerprint density at radius 2 is 2.04 bits per heavy atom. The van der Waals surface area contributed by atoms with Crippen LogP contribution in [-0.4, -0.2) is 52.7 Å². The number of nitrogens with one attached hydrogen (secondary N) is 3. The van der Waals surface area contributed by atoms with Crippen LogP contribution in [-0.2, 0) is 0 Å². The Morgan fingerprint density at radius 1 is 1.04 bits per heavy atom. The predicted octanol–water partition coefficient (Wildman–Crippen LogP) is 2.95. The van der Waals surface area contributed by atoms with Gasteiger partial charge >= 0.3 is 0 Å². The Hall–Kier alpha value is -3.03. The molecule has 0 saturated carbocycles. The lowest BCUT2D eigenvalue weighted by Gasteiger charge is -2.14.